The predicted octanol–water partition coefficient (Wildman–Crippen LogP) is 6.12. The molecule has 2 atom stereocenters. The quantitative estimate of drug-likeness (QED) is 0.260. The van der Waals surface area contributed by atoms with E-state index in [1.54, 1.807) is 44.2 Å². The number of amides is 2. The van der Waals surface area contributed by atoms with Gasteiger partial charge in [0.1, 0.15) is 11.5 Å². The zero-order chi connectivity index (χ0) is 31.5. The van der Waals surface area contributed by atoms with Crippen molar-refractivity contribution in [1.29, 1.82) is 0 Å². The maximum atomic E-state index is 15.4. The standard InChI is InChI=1S/C32H30ClF2N5O4/c1-17-6-4-8-25(38-32(43)22-15-37-40(18(22)2)28-9-5-7-23(33)30(28)35)21-14-26(36-16-24(21)34)20-11-10-19(13-29(41)44-3)12-27(20)39-31(17)42/h5,7,9-12,14-17,25H,4,6,8,13H2,1-3H3,(H,38,43)(H,39,42)/t17-,25+/m1/s1. The van der Waals surface area contributed by atoms with Gasteiger partial charge in [-0.15, -0.1) is 0 Å². The van der Waals surface area contributed by atoms with E-state index in [1.165, 1.54) is 30.1 Å². The first-order valence-electron chi connectivity index (χ1n) is 14.0. The summed E-state index contributed by atoms with van der Waals surface area (Å²) < 4.78 is 36.1. The molecule has 0 spiro atoms. The first-order chi connectivity index (χ1) is 21.1. The molecule has 0 radical (unpaired) electrons. The van der Waals surface area contributed by atoms with Crippen LogP contribution in [-0.2, 0) is 20.7 Å². The van der Waals surface area contributed by atoms with E-state index in [0.717, 1.165) is 6.20 Å². The molecule has 0 fully saturated rings. The first-order valence-corrected chi connectivity index (χ1v) is 14.4. The van der Waals surface area contributed by atoms with E-state index in [9.17, 15) is 18.8 Å². The van der Waals surface area contributed by atoms with Crippen LogP contribution in [0.2, 0.25) is 5.02 Å². The Morgan fingerprint density at radius 3 is 2.73 bits per heavy atom. The number of hydrogen-bond donors (Lipinski definition) is 2. The molecule has 0 saturated carbocycles. The minimum absolute atomic E-state index is 0.00532. The fourth-order valence-corrected chi connectivity index (χ4v) is 5.39. The third-order valence-corrected chi connectivity index (χ3v) is 8.04. The monoisotopic (exact) mass is 621 g/mol. The summed E-state index contributed by atoms with van der Waals surface area (Å²) in [5, 5.41) is 9.99. The molecule has 5 rings (SSSR count). The van der Waals surface area contributed by atoms with E-state index in [2.05, 4.69) is 20.7 Å². The summed E-state index contributed by atoms with van der Waals surface area (Å²) in [5.74, 6) is -2.85. The predicted molar refractivity (Wildman–Crippen MR) is 160 cm³/mol. The average molecular weight is 622 g/mol. The number of rotatable bonds is 5. The SMILES string of the molecule is COC(=O)Cc1ccc2c(c1)NC(=O)[C@H](C)CCC[C@H](NC(=O)c1cnn(-c3cccc(Cl)c3F)c1C)c1cc-2ncc1F. The number of benzene rings is 2. The molecule has 2 N–H and O–H groups in total. The number of hydrogen-bond acceptors (Lipinski definition) is 6. The third-order valence-electron chi connectivity index (χ3n) is 7.75. The van der Waals surface area contributed by atoms with Crippen molar-refractivity contribution in [3.05, 3.63) is 93.9 Å². The maximum absolute atomic E-state index is 15.4. The first kappa shape index (κ1) is 30.8. The van der Waals surface area contributed by atoms with Gasteiger partial charge in [-0.3, -0.25) is 19.4 Å². The van der Waals surface area contributed by atoms with Crippen molar-refractivity contribution in [2.24, 2.45) is 5.92 Å². The lowest BCUT2D eigenvalue weighted by Gasteiger charge is -2.23. The number of carbonyl (C=O) groups is 3. The second-order valence-corrected chi connectivity index (χ2v) is 11.1. The zero-order valence-electron chi connectivity index (χ0n) is 24.3. The molecule has 228 valence electrons. The number of nitrogens with zero attached hydrogens (tertiary/aromatic N) is 3. The highest BCUT2D eigenvalue weighted by atomic mass is 35.5. The minimum atomic E-state index is -0.772. The maximum Gasteiger partial charge on any atom is 0.309 e. The Morgan fingerprint density at radius 2 is 1.95 bits per heavy atom. The molecule has 3 heterocycles. The van der Waals surface area contributed by atoms with E-state index in [4.69, 9.17) is 16.3 Å². The lowest BCUT2D eigenvalue weighted by molar-refractivity contribution is -0.139. The van der Waals surface area contributed by atoms with Crippen molar-refractivity contribution in [2.45, 2.75) is 45.6 Å². The molecule has 1 aliphatic heterocycles. The highest BCUT2D eigenvalue weighted by Crippen LogP contribution is 2.34. The molecule has 0 saturated heterocycles. The molecule has 0 aliphatic carbocycles. The van der Waals surface area contributed by atoms with Crippen LogP contribution >= 0.6 is 11.6 Å². The summed E-state index contributed by atoms with van der Waals surface area (Å²) in [7, 11) is 1.30. The van der Waals surface area contributed by atoms with Crippen LogP contribution in [0.1, 0.15) is 59.4 Å². The van der Waals surface area contributed by atoms with Crippen LogP contribution in [0.5, 0.6) is 0 Å². The van der Waals surface area contributed by atoms with Gasteiger partial charge < -0.3 is 15.4 Å². The number of fused-ring (bicyclic) bond motifs is 4. The number of halogens is 3. The van der Waals surface area contributed by atoms with E-state index in [1.807, 2.05) is 0 Å². The Balaban J connectivity index is 1.51. The molecule has 2 aromatic heterocycles. The zero-order valence-corrected chi connectivity index (χ0v) is 25.0. The van der Waals surface area contributed by atoms with Crippen LogP contribution in [0, 0.1) is 24.5 Å². The van der Waals surface area contributed by atoms with Crippen molar-refractivity contribution < 1.29 is 27.9 Å². The number of pyridine rings is 1. The van der Waals surface area contributed by atoms with Gasteiger partial charge in [0.05, 0.1) is 59.6 Å². The molecular formula is C32H30ClF2N5O4. The summed E-state index contributed by atoms with van der Waals surface area (Å²) in [6.07, 6.45) is 3.72. The Morgan fingerprint density at radius 1 is 1.16 bits per heavy atom. The summed E-state index contributed by atoms with van der Waals surface area (Å²) in [6, 6.07) is 10.4. The number of carbonyl (C=O) groups excluding carboxylic acids is 3. The normalized spacial score (nSPS) is 16.6. The topological polar surface area (TPSA) is 115 Å². The number of aromatic nitrogens is 3. The van der Waals surface area contributed by atoms with Gasteiger partial charge in [0.15, 0.2) is 5.82 Å². The summed E-state index contributed by atoms with van der Waals surface area (Å²) in [4.78, 5) is 42.8. The van der Waals surface area contributed by atoms with Gasteiger partial charge in [-0.05, 0) is 49.6 Å². The lowest BCUT2D eigenvalue weighted by atomic mass is 9.94. The van der Waals surface area contributed by atoms with Gasteiger partial charge in [0.25, 0.3) is 5.91 Å². The molecule has 2 aromatic carbocycles. The molecule has 0 unspecified atom stereocenters. The molecule has 44 heavy (non-hydrogen) atoms. The summed E-state index contributed by atoms with van der Waals surface area (Å²) in [5.41, 5.74) is 2.79. The Hall–Kier alpha value is -4.64. The molecule has 1 aliphatic rings. The number of nitrogens with one attached hydrogen (secondary N) is 2. The molecule has 4 aromatic rings. The largest absolute Gasteiger partial charge is 0.469 e. The highest BCUT2D eigenvalue weighted by molar-refractivity contribution is 6.30. The van der Waals surface area contributed by atoms with Crippen molar-refractivity contribution >= 4 is 35.1 Å². The van der Waals surface area contributed by atoms with Crippen LogP contribution in [0.4, 0.5) is 14.5 Å². The third kappa shape index (κ3) is 6.33. The average Bonchev–Trinajstić information content (AvgIpc) is 3.38. The van der Waals surface area contributed by atoms with Gasteiger partial charge >= 0.3 is 5.97 Å². The fourth-order valence-electron chi connectivity index (χ4n) is 5.22. The van der Waals surface area contributed by atoms with Gasteiger partial charge in [-0.1, -0.05) is 43.1 Å². The van der Waals surface area contributed by atoms with Gasteiger partial charge in [0, 0.05) is 17.0 Å². The van der Waals surface area contributed by atoms with E-state index < -0.39 is 35.5 Å². The number of esters is 1. The second-order valence-electron chi connectivity index (χ2n) is 10.7. The van der Waals surface area contributed by atoms with Crippen LogP contribution < -0.4 is 10.6 Å². The van der Waals surface area contributed by atoms with Crippen LogP contribution in [-0.4, -0.2) is 39.7 Å². The highest BCUT2D eigenvalue weighted by Gasteiger charge is 2.26. The number of methoxy groups -OCH3 is 1. The molecular weight excluding hydrogens is 592 g/mol. The van der Waals surface area contributed by atoms with E-state index >= 15 is 4.39 Å². The van der Waals surface area contributed by atoms with Crippen molar-refractivity contribution in [3.8, 4) is 16.9 Å². The Kier molecular flexibility index (Phi) is 9.05. The summed E-state index contributed by atoms with van der Waals surface area (Å²) in [6.45, 7) is 3.41. The fraction of sp³-hybridized carbons (Fsp3) is 0.281. The van der Waals surface area contributed by atoms with Crippen LogP contribution in [0.25, 0.3) is 16.9 Å². The van der Waals surface area contributed by atoms with Crippen molar-refractivity contribution in [3.63, 3.8) is 0 Å². The van der Waals surface area contributed by atoms with Gasteiger partial charge in [0.2, 0.25) is 5.91 Å². The minimum Gasteiger partial charge on any atom is -0.469 e. The summed E-state index contributed by atoms with van der Waals surface area (Å²) >= 11 is 5.94. The van der Waals surface area contributed by atoms with E-state index in [-0.39, 0.29) is 34.2 Å². The Bertz CT molecular complexity index is 1760. The second kappa shape index (κ2) is 12.9. The van der Waals surface area contributed by atoms with Crippen molar-refractivity contribution in [1.82, 2.24) is 20.1 Å². The smallest absolute Gasteiger partial charge is 0.309 e. The van der Waals surface area contributed by atoms with Gasteiger partial charge in [-0.2, -0.15) is 5.10 Å². The molecule has 9 nitrogen and oxygen atoms in total. The lowest BCUT2D eigenvalue weighted by Crippen LogP contribution is -2.30. The number of ether oxygens (including phenoxy) is 1. The number of anilines is 1. The van der Waals surface area contributed by atoms with Crippen LogP contribution in [0.3, 0.4) is 0 Å². The Labute approximate surface area is 257 Å². The molecule has 2 bridgehead atoms. The van der Waals surface area contributed by atoms with Crippen molar-refractivity contribution in [2.75, 3.05) is 12.4 Å². The van der Waals surface area contributed by atoms with Crippen LogP contribution in [0.15, 0.2) is 54.9 Å². The molecule has 12 heteroatoms. The molecule has 2 amide bonds. The van der Waals surface area contributed by atoms with E-state index in [0.29, 0.717) is 47.5 Å². The van der Waals surface area contributed by atoms with Gasteiger partial charge in [-0.25, -0.2) is 13.5 Å².